The average Bonchev–Trinajstić information content (AvgIpc) is 3.10. The number of amides is 1. The molecule has 1 aliphatic heterocycles. The zero-order valence-corrected chi connectivity index (χ0v) is 17.2. The lowest BCUT2D eigenvalue weighted by atomic mass is 10.2. The van der Waals surface area contributed by atoms with E-state index in [1.54, 1.807) is 36.1 Å². The molecule has 8 heteroatoms. The van der Waals surface area contributed by atoms with E-state index in [1.807, 2.05) is 20.8 Å². The number of hydrogen-bond acceptors (Lipinski definition) is 7. The molecule has 29 heavy (non-hydrogen) atoms. The average molecular weight is 405 g/mol. The second-order valence-corrected chi connectivity index (χ2v) is 7.73. The van der Waals surface area contributed by atoms with Crippen LogP contribution in [-0.4, -0.2) is 61.6 Å². The summed E-state index contributed by atoms with van der Waals surface area (Å²) in [7, 11) is 0. The van der Waals surface area contributed by atoms with E-state index in [-0.39, 0.29) is 31.2 Å². The van der Waals surface area contributed by atoms with Crippen molar-refractivity contribution in [1.82, 2.24) is 4.90 Å². The summed E-state index contributed by atoms with van der Waals surface area (Å²) in [5.74, 6) is 0.181. The van der Waals surface area contributed by atoms with Crippen LogP contribution in [-0.2, 0) is 14.2 Å². The number of benzene rings is 1. The van der Waals surface area contributed by atoms with Crippen LogP contribution in [0.4, 0.5) is 4.79 Å². The van der Waals surface area contributed by atoms with Crippen molar-refractivity contribution in [2.75, 3.05) is 32.9 Å². The summed E-state index contributed by atoms with van der Waals surface area (Å²) in [4.78, 5) is 25.8. The van der Waals surface area contributed by atoms with Gasteiger partial charge in [-0.05, 0) is 39.8 Å². The first kappa shape index (κ1) is 21.0. The maximum atomic E-state index is 12.3. The molecule has 3 rings (SSSR count). The van der Waals surface area contributed by atoms with Crippen LogP contribution < -0.4 is 4.74 Å². The molecule has 1 saturated heterocycles. The number of fused-ring (bicyclic) bond motifs is 1. The molecule has 0 aliphatic carbocycles. The SMILES string of the molecule is CCOC(=O)c1cc2c(OCC3CN(C(=O)OC(C)(C)C)CCO3)cccc2o1. The van der Waals surface area contributed by atoms with Crippen molar-refractivity contribution >= 4 is 23.0 Å². The summed E-state index contributed by atoms with van der Waals surface area (Å²) in [6, 6.07) is 6.94. The zero-order chi connectivity index (χ0) is 21.0. The summed E-state index contributed by atoms with van der Waals surface area (Å²) in [6.07, 6.45) is -0.648. The highest BCUT2D eigenvalue weighted by Crippen LogP contribution is 2.29. The van der Waals surface area contributed by atoms with Gasteiger partial charge < -0.3 is 28.3 Å². The first-order chi connectivity index (χ1) is 13.8. The Hall–Kier alpha value is -2.74. The molecule has 1 amide bonds. The first-order valence-electron chi connectivity index (χ1n) is 9.69. The van der Waals surface area contributed by atoms with Crippen LogP contribution in [0.15, 0.2) is 28.7 Å². The summed E-state index contributed by atoms with van der Waals surface area (Å²) < 4.78 is 27.6. The Kier molecular flexibility index (Phi) is 6.32. The van der Waals surface area contributed by atoms with E-state index in [4.69, 9.17) is 23.4 Å². The third kappa shape index (κ3) is 5.41. The smallest absolute Gasteiger partial charge is 0.410 e. The second-order valence-electron chi connectivity index (χ2n) is 7.73. The Morgan fingerprint density at radius 2 is 2.07 bits per heavy atom. The fourth-order valence-electron chi connectivity index (χ4n) is 2.96. The Morgan fingerprint density at radius 3 is 2.79 bits per heavy atom. The van der Waals surface area contributed by atoms with Gasteiger partial charge in [-0.25, -0.2) is 9.59 Å². The Labute approximate surface area is 169 Å². The minimum absolute atomic E-state index is 0.128. The molecule has 1 aromatic heterocycles. The Bertz CT molecular complexity index is 868. The summed E-state index contributed by atoms with van der Waals surface area (Å²) in [5, 5.41) is 0.676. The molecule has 0 radical (unpaired) electrons. The van der Waals surface area contributed by atoms with Gasteiger partial charge in [0.05, 0.1) is 25.1 Å². The van der Waals surface area contributed by atoms with Crippen molar-refractivity contribution in [2.24, 2.45) is 0 Å². The molecule has 0 N–H and O–H groups in total. The number of hydrogen-bond donors (Lipinski definition) is 0. The van der Waals surface area contributed by atoms with E-state index in [1.165, 1.54) is 0 Å². The molecular formula is C21H27NO7. The maximum absolute atomic E-state index is 12.3. The van der Waals surface area contributed by atoms with Crippen molar-refractivity contribution in [1.29, 1.82) is 0 Å². The molecule has 0 bridgehead atoms. The molecule has 2 heterocycles. The van der Waals surface area contributed by atoms with Crippen LogP contribution in [0, 0.1) is 0 Å². The Balaban J connectivity index is 1.64. The monoisotopic (exact) mass is 405 g/mol. The fraction of sp³-hybridized carbons (Fsp3) is 0.524. The lowest BCUT2D eigenvalue weighted by Gasteiger charge is -2.34. The number of ether oxygens (including phenoxy) is 4. The van der Waals surface area contributed by atoms with E-state index >= 15 is 0 Å². The lowest BCUT2D eigenvalue weighted by Crippen LogP contribution is -2.49. The molecule has 2 aromatic rings. The maximum Gasteiger partial charge on any atom is 0.410 e. The van der Waals surface area contributed by atoms with Crippen LogP contribution in [0.5, 0.6) is 5.75 Å². The summed E-state index contributed by atoms with van der Waals surface area (Å²) in [6.45, 7) is 9.03. The third-order valence-corrected chi connectivity index (χ3v) is 4.21. The largest absolute Gasteiger partial charge is 0.490 e. The lowest BCUT2D eigenvalue weighted by molar-refractivity contribution is -0.0555. The number of rotatable bonds is 5. The van der Waals surface area contributed by atoms with Crippen LogP contribution in [0.25, 0.3) is 11.0 Å². The second kappa shape index (κ2) is 8.73. The molecule has 1 fully saturated rings. The van der Waals surface area contributed by atoms with E-state index in [0.717, 1.165) is 0 Å². The predicted molar refractivity (Wildman–Crippen MR) is 105 cm³/mol. The minimum Gasteiger partial charge on any atom is -0.490 e. The van der Waals surface area contributed by atoms with Gasteiger partial charge >= 0.3 is 12.1 Å². The molecule has 1 atom stereocenters. The van der Waals surface area contributed by atoms with Crippen molar-refractivity contribution < 1.29 is 33.0 Å². The van der Waals surface area contributed by atoms with Gasteiger partial charge in [-0.2, -0.15) is 0 Å². The number of esters is 1. The summed E-state index contributed by atoms with van der Waals surface area (Å²) >= 11 is 0. The molecular weight excluding hydrogens is 378 g/mol. The highest BCUT2D eigenvalue weighted by molar-refractivity contribution is 5.94. The molecule has 0 saturated carbocycles. The minimum atomic E-state index is -0.547. The van der Waals surface area contributed by atoms with Crippen molar-refractivity contribution in [3.63, 3.8) is 0 Å². The molecule has 0 spiro atoms. The number of morpholine rings is 1. The molecule has 1 aliphatic rings. The molecule has 158 valence electrons. The van der Waals surface area contributed by atoms with Gasteiger partial charge in [-0.3, -0.25) is 0 Å². The van der Waals surface area contributed by atoms with Gasteiger partial charge in [-0.15, -0.1) is 0 Å². The van der Waals surface area contributed by atoms with Crippen LogP contribution >= 0.6 is 0 Å². The highest BCUT2D eigenvalue weighted by atomic mass is 16.6. The standard InChI is InChI=1S/C21H27NO7/c1-5-25-19(23)18-11-15-16(7-6-8-17(15)28-18)27-13-14-12-22(9-10-26-14)20(24)29-21(2,3)4/h6-8,11,14H,5,9-10,12-13H2,1-4H3. The molecule has 8 nitrogen and oxygen atoms in total. The van der Waals surface area contributed by atoms with E-state index in [2.05, 4.69) is 0 Å². The number of furan rings is 1. The van der Waals surface area contributed by atoms with Crippen molar-refractivity contribution in [3.05, 3.63) is 30.0 Å². The van der Waals surface area contributed by atoms with Gasteiger partial charge in [0.15, 0.2) is 0 Å². The van der Waals surface area contributed by atoms with Gasteiger partial charge in [0.2, 0.25) is 5.76 Å². The van der Waals surface area contributed by atoms with Gasteiger partial charge in [-0.1, -0.05) is 6.07 Å². The van der Waals surface area contributed by atoms with Gasteiger partial charge in [0.1, 0.15) is 29.6 Å². The summed E-state index contributed by atoms with van der Waals surface area (Å²) in [5.41, 5.74) is -0.0138. The normalized spacial score (nSPS) is 17.2. The fourth-order valence-corrected chi connectivity index (χ4v) is 2.96. The van der Waals surface area contributed by atoms with E-state index in [0.29, 0.717) is 36.4 Å². The number of carbonyl (C=O) groups is 2. The van der Waals surface area contributed by atoms with Gasteiger partial charge in [0.25, 0.3) is 0 Å². The topological polar surface area (TPSA) is 87.4 Å². The number of carbonyl (C=O) groups excluding carboxylic acids is 2. The molecule has 1 aromatic carbocycles. The van der Waals surface area contributed by atoms with E-state index in [9.17, 15) is 9.59 Å². The van der Waals surface area contributed by atoms with Gasteiger partial charge in [0, 0.05) is 12.6 Å². The molecule has 1 unspecified atom stereocenters. The number of nitrogens with zero attached hydrogens (tertiary/aromatic N) is 1. The third-order valence-electron chi connectivity index (χ3n) is 4.21. The van der Waals surface area contributed by atoms with Crippen LogP contribution in [0.2, 0.25) is 0 Å². The first-order valence-corrected chi connectivity index (χ1v) is 9.69. The zero-order valence-electron chi connectivity index (χ0n) is 17.2. The van der Waals surface area contributed by atoms with Crippen LogP contribution in [0.1, 0.15) is 38.2 Å². The van der Waals surface area contributed by atoms with Crippen molar-refractivity contribution in [2.45, 2.75) is 39.4 Å². The van der Waals surface area contributed by atoms with Crippen molar-refractivity contribution in [3.8, 4) is 5.75 Å². The van der Waals surface area contributed by atoms with Crippen LogP contribution in [0.3, 0.4) is 0 Å². The van der Waals surface area contributed by atoms with E-state index < -0.39 is 11.6 Å². The quantitative estimate of drug-likeness (QED) is 0.702. The Morgan fingerprint density at radius 1 is 1.28 bits per heavy atom. The predicted octanol–water partition coefficient (Wildman–Crippen LogP) is 3.62. The highest BCUT2D eigenvalue weighted by Gasteiger charge is 2.28.